The van der Waals surface area contributed by atoms with Crippen LogP contribution in [-0.4, -0.2) is 24.3 Å². The molecule has 0 bridgehead atoms. The Morgan fingerprint density at radius 3 is 2.56 bits per heavy atom. The fourth-order valence-corrected chi connectivity index (χ4v) is 2.44. The Morgan fingerprint density at radius 2 is 2.00 bits per heavy atom. The van der Waals surface area contributed by atoms with Crippen molar-refractivity contribution in [3.8, 4) is 0 Å². The van der Waals surface area contributed by atoms with Crippen molar-refractivity contribution < 1.29 is 0 Å². The fraction of sp³-hybridized carbons (Fsp3) is 0.533. The Kier molecular flexibility index (Phi) is 4.02. The molecule has 1 atom stereocenters. The van der Waals surface area contributed by atoms with Crippen LogP contribution in [0.5, 0.6) is 0 Å². The van der Waals surface area contributed by atoms with E-state index in [1.54, 1.807) is 0 Å². The minimum atomic E-state index is 0.382. The molecule has 1 aliphatic heterocycles. The molecule has 3 nitrogen and oxygen atoms in total. The first kappa shape index (κ1) is 13.1. The van der Waals surface area contributed by atoms with Crippen LogP contribution in [0.3, 0.4) is 0 Å². The molecule has 0 aromatic heterocycles. The van der Waals surface area contributed by atoms with Crippen LogP contribution in [0.1, 0.15) is 49.8 Å². The normalized spacial score (nSPS) is 19.5. The summed E-state index contributed by atoms with van der Waals surface area (Å²) in [7, 11) is 2.05. The van der Waals surface area contributed by atoms with E-state index in [4.69, 9.17) is 5.73 Å². The van der Waals surface area contributed by atoms with Crippen LogP contribution in [0.4, 0.5) is 0 Å². The molecule has 2 rings (SSSR count). The van der Waals surface area contributed by atoms with Crippen molar-refractivity contribution in [3.05, 3.63) is 35.4 Å². The molecule has 0 saturated heterocycles. The van der Waals surface area contributed by atoms with Crippen LogP contribution < -0.4 is 5.73 Å². The molecular weight excluding hydrogens is 222 g/mol. The number of nitrogens with zero attached hydrogens (tertiary/aromatic N) is 2. The van der Waals surface area contributed by atoms with Crippen LogP contribution in [0.2, 0.25) is 0 Å². The van der Waals surface area contributed by atoms with Gasteiger partial charge in [-0.05, 0) is 30.0 Å². The van der Waals surface area contributed by atoms with E-state index in [0.717, 1.165) is 12.8 Å². The first-order chi connectivity index (χ1) is 8.61. The summed E-state index contributed by atoms with van der Waals surface area (Å²) in [5.41, 5.74) is 9.55. The molecule has 1 heterocycles. The second-order valence-corrected chi connectivity index (χ2v) is 5.32. The van der Waals surface area contributed by atoms with Gasteiger partial charge in [-0.15, -0.1) is 0 Å². The van der Waals surface area contributed by atoms with Crippen molar-refractivity contribution in [3.63, 3.8) is 0 Å². The summed E-state index contributed by atoms with van der Waals surface area (Å²) in [5, 5.41) is 6.63. The van der Waals surface area contributed by atoms with E-state index in [-0.39, 0.29) is 0 Å². The summed E-state index contributed by atoms with van der Waals surface area (Å²) in [6.07, 6.45) is 1.92. The average molecular weight is 245 g/mol. The summed E-state index contributed by atoms with van der Waals surface area (Å²) < 4.78 is 0. The predicted molar refractivity (Wildman–Crippen MR) is 76.8 cm³/mol. The molecule has 1 aromatic carbocycles. The van der Waals surface area contributed by atoms with Gasteiger partial charge in [-0.25, -0.2) is 0 Å². The van der Waals surface area contributed by atoms with Crippen LogP contribution in [0, 0.1) is 0 Å². The van der Waals surface area contributed by atoms with Gasteiger partial charge in [0.1, 0.15) is 0 Å². The lowest BCUT2D eigenvalue weighted by Gasteiger charge is -2.19. The van der Waals surface area contributed by atoms with E-state index in [1.165, 1.54) is 16.8 Å². The molecule has 0 aliphatic carbocycles. The Bertz CT molecular complexity index is 420. The molecule has 3 heteroatoms. The summed E-state index contributed by atoms with van der Waals surface area (Å²) in [6, 6.07) is 9.31. The van der Waals surface area contributed by atoms with Gasteiger partial charge in [-0.2, -0.15) is 5.10 Å². The highest BCUT2D eigenvalue weighted by Crippen LogP contribution is 2.30. The summed E-state index contributed by atoms with van der Waals surface area (Å²) in [4.78, 5) is 0. The van der Waals surface area contributed by atoms with E-state index in [9.17, 15) is 0 Å². The zero-order valence-electron chi connectivity index (χ0n) is 11.6. The number of benzene rings is 1. The highest BCUT2D eigenvalue weighted by atomic mass is 15.5. The molecular formula is C15H23N3. The summed E-state index contributed by atoms with van der Waals surface area (Å²) in [5.74, 6) is 0.587. The standard InChI is InChI=1S/C15H23N3/c1-11(2)12-4-6-13(7-5-12)15-10-14(8-9-16)17-18(15)3/h4-7,11,15H,8-10,16H2,1-3H3. The average Bonchev–Trinajstić information content (AvgIpc) is 2.71. The maximum atomic E-state index is 5.59. The first-order valence-electron chi connectivity index (χ1n) is 6.71. The van der Waals surface area contributed by atoms with Gasteiger partial charge >= 0.3 is 0 Å². The number of hydrogen-bond donors (Lipinski definition) is 1. The monoisotopic (exact) mass is 245 g/mol. The van der Waals surface area contributed by atoms with Crippen molar-refractivity contribution in [1.29, 1.82) is 0 Å². The van der Waals surface area contributed by atoms with E-state index in [2.05, 4.69) is 48.2 Å². The van der Waals surface area contributed by atoms with E-state index < -0.39 is 0 Å². The molecule has 0 radical (unpaired) electrons. The second kappa shape index (κ2) is 5.53. The van der Waals surface area contributed by atoms with Gasteiger partial charge in [0, 0.05) is 19.2 Å². The predicted octanol–water partition coefficient (Wildman–Crippen LogP) is 2.89. The third-order valence-corrected chi connectivity index (χ3v) is 3.60. The highest BCUT2D eigenvalue weighted by Gasteiger charge is 2.24. The minimum Gasteiger partial charge on any atom is -0.330 e. The SMILES string of the molecule is CC(C)c1ccc(C2CC(CCN)=NN2C)cc1. The third-order valence-electron chi connectivity index (χ3n) is 3.60. The largest absolute Gasteiger partial charge is 0.330 e. The van der Waals surface area contributed by atoms with Gasteiger partial charge in [0.15, 0.2) is 0 Å². The van der Waals surface area contributed by atoms with Crippen LogP contribution >= 0.6 is 0 Å². The number of hydrogen-bond acceptors (Lipinski definition) is 3. The molecule has 1 unspecified atom stereocenters. The minimum absolute atomic E-state index is 0.382. The molecule has 0 spiro atoms. The zero-order chi connectivity index (χ0) is 13.1. The Labute approximate surface area is 110 Å². The van der Waals surface area contributed by atoms with Crippen molar-refractivity contribution >= 4 is 5.71 Å². The lowest BCUT2D eigenvalue weighted by Crippen LogP contribution is -2.14. The molecule has 1 aromatic rings. The van der Waals surface area contributed by atoms with E-state index in [1.807, 2.05) is 7.05 Å². The Hall–Kier alpha value is -1.35. The second-order valence-electron chi connectivity index (χ2n) is 5.32. The Morgan fingerprint density at radius 1 is 1.33 bits per heavy atom. The van der Waals surface area contributed by atoms with Gasteiger partial charge in [0.05, 0.1) is 6.04 Å². The van der Waals surface area contributed by atoms with Crippen molar-refractivity contribution in [1.82, 2.24) is 5.01 Å². The molecule has 2 N–H and O–H groups in total. The number of nitrogens with two attached hydrogens (primary N) is 1. The van der Waals surface area contributed by atoms with Crippen molar-refractivity contribution in [2.75, 3.05) is 13.6 Å². The lowest BCUT2D eigenvalue weighted by molar-refractivity contribution is 0.290. The number of rotatable bonds is 4. The van der Waals surface area contributed by atoms with Crippen molar-refractivity contribution in [2.24, 2.45) is 10.8 Å². The maximum Gasteiger partial charge on any atom is 0.0769 e. The quantitative estimate of drug-likeness (QED) is 0.886. The van der Waals surface area contributed by atoms with Gasteiger partial charge in [0.25, 0.3) is 0 Å². The molecule has 0 fully saturated rings. The highest BCUT2D eigenvalue weighted by molar-refractivity contribution is 5.86. The third kappa shape index (κ3) is 2.72. The maximum absolute atomic E-state index is 5.59. The smallest absolute Gasteiger partial charge is 0.0769 e. The molecule has 0 amide bonds. The molecule has 0 saturated carbocycles. The molecule has 18 heavy (non-hydrogen) atoms. The van der Waals surface area contributed by atoms with E-state index in [0.29, 0.717) is 18.5 Å². The van der Waals surface area contributed by atoms with Gasteiger partial charge in [-0.3, -0.25) is 5.01 Å². The van der Waals surface area contributed by atoms with Crippen LogP contribution in [-0.2, 0) is 0 Å². The number of hydrazone groups is 1. The van der Waals surface area contributed by atoms with Crippen molar-refractivity contribution in [2.45, 2.75) is 38.6 Å². The van der Waals surface area contributed by atoms with Crippen LogP contribution in [0.25, 0.3) is 0 Å². The first-order valence-corrected chi connectivity index (χ1v) is 6.71. The van der Waals surface area contributed by atoms with Gasteiger partial charge < -0.3 is 5.73 Å². The molecule has 1 aliphatic rings. The Balaban J connectivity index is 2.09. The van der Waals surface area contributed by atoms with Gasteiger partial charge in [0.2, 0.25) is 0 Å². The topological polar surface area (TPSA) is 41.6 Å². The van der Waals surface area contributed by atoms with Crippen LogP contribution in [0.15, 0.2) is 29.4 Å². The molecule has 98 valence electrons. The lowest BCUT2D eigenvalue weighted by atomic mass is 9.96. The fourth-order valence-electron chi connectivity index (χ4n) is 2.44. The zero-order valence-corrected chi connectivity index (χ0v) is 11.6. The van der Waals surface area contributed by atoms with E-state index >= 15 is 0 Å². The summed E-state index contributed by atoms with van der Waals surface area (Å²) >= 11 is 0. The summed E-state index contributed by atoms with van der Waals surface area (Å²) in [6.45, 7) is 5.13. The van der Waals surface area contributed by atoms with Gasteiger partial charge in [-0.1, -0.05) is 38.1 Å².